The summed E-state index contributed by atoms with van der Waals surface area (Å²) in [4.78, 5) is 30.3. The molecule has 0 saturated heterocycles. The Kier molecular flexibility index (Phi) is 91.7. The standard InChI is InChI=1S/C136H242N6O8/c1-9-17-25-33-41-49-57-65-73-81-89-97-105-143-129-113-121-122(114-130(129)144-106-98-90-82-74-66-58-50-42-34-26-18-10-2)138-118-126-134(148-110-102-94-86-78-70-62-54-46-38-30-22-14-6)136(150-112-104-96-88-80-72-64-56-48-40-32-24-16-8)128(142-126)120-140-124-116-132(146-108-100-92-84-76-68-60-52-44-36-28-20-12-4)131(145-107-99-91-83-75-67-59-51-43-35-27-19-11-3)115-123(124)139-119-127-135(149-111-103-95-87-79-71-63-55-47-39-31-23-15-7)133(125(141-127)117-137-121)147-109-101-93-85-77-69-61-53-45-37-29-21-13-5/h113-120,141-142H,9-112H2,1-8H3. The second-order valence-corrected chi connectivity index (χ2v) is 45.7. The van der Waals surface area contributed by atoms with Crippen LogP contribution in [0.1, 0.15) is 695 Å². The van der Waals surface area contributed by atoms with Gasteiger partial charge in [-0.2, -0.15) is 0 Å². The molecule has 4 bridgehead atoms. The fraction of sp³-hybridized carbons (Fsp3) is 0.824. The van der Waals surface area contributed by atoms with Crippen LogP contribution in [0.5, 0.6) is 46.0 Å². The minimum Gasteiger partial charge on any atom is -0.490 e. The number of benzene rings is 2. The van der Waals surface area contributed by atoms with Crippen LogP contribution in [-0.4, -0.2) is 87.7 Å². The van der Waals surface area contributed by atoms with Crippen LogP contribution in [0.15, 0.2) is 44.2 Å². The summed E-state index contributed by atoms with van der Waals surface area (Å²) < 4.78 is 57.4. The van der Waals surface area contributed by atoms with Gasteiger partial charge in [0.15, 0.2) is 46.0 Å². The van der Waals surface area contributed by atoms with Gasteiger partial charge in [-0.15, -0.1) is 0 Å². The number of aromatic amines is 2. The van der Waals surface area contributed by atoms with Gasteiger partial charge >= 0.3 is 0 Å². The van der Waals surface area contributed by atoms with E-state index in [1.165, 1.54) is 514 Å². The molecule has 0 spiro atoms. The van der Waals surface area contributed by atoms with Crippen LogP contribution >= 0.6 is 0 Å². The Morgan fingerprint density at radius 1 is 0.133 bits per heavy atom. The quantitative estimate of drug-likeness (QED) is 0.0365. The van der Waals surface area contributed by atoms with E-state index in [4.69, 9.17) is 57.9 Å². The predicted octanol–water partition coefficient (Wildman–Crippen LogP) is 46.3. The number of hydrogen-bond donors (Lipinski definition) is 2. The van der Waals surface area contributed by atoms with Gasteiger partial charge in [0.25, 0.3) is 0 Å². The smallest absolute Gasteiger partial charge is 0.188 e. The van der Waals surface area contributed by atoms with Crippen molar-refractivity contribution in [3.63, 3.8) is 0 Å². The van der Waals surface area contributed by atoms with Crippen molar-refractivity contribution >= 4 is 47.6 Å². The number of hydrogen-bond acceptors (Lipinski definition) is 12. The van der Waals surface area contributed by atoms with E-state index in [0.717, 1.165) is 103 Å². The van der Waals surface area contributed by atoms with E-state index in [0.29, 0.717) is 144 Å². The van der Waals surface area contributed by atoms with E-state index in [9.17, 15) is 0 Å². The second kappa shape index (κ2) is 102. The lowest BCUT2D eigenvalue weighted by molar-refractivity contribution is 0.258. The maximum absolute atomic E-state index is 7.27. The second-order valence-electron chi connectivity index (χ2n) is 45.7. The zero-order valence-corrected chi connectivity index (χ0v) is 100. The molecule has 2 aromatic heterocycles. The lowest BCUT2D eigenvalue weighted by Crippen LogP contribution is -2.04. The van der Waals surface area contributed by atoms with Crippen LogP contribution in [0.3, 0.4) is 0 Å². The van der Waals surface area contributed by atoms with Crippen molar-refractivity contribution in [1.82, 2.24) is 9.97 Å². The maximum atomic E-state index is 7.27. The van der Waals surface area contributed by atoms with Crippen LogP contribution in [-0.2, 0) is 0 Å². The Labute approximate surface area is 927 Å². The van der Waals surface area contributed by atoms with Crippen molar-refractivity contribution in [3.8, 4) is 46.0 Å². The Hall–Kier alpha value is -5.92. The average molecular weight is 2090 g/mol. The van der Waals surface area contributed by atoms with E-state index in [-0.39, 0.29) is 0 Å². The molecule has 0 saturated carbocycles. The summed E-state index contributed by atoms with van der Waals surface area (Å²) in [6.45, 7) is 23.0. The highest BCUT2D eigenvalue weighted by Gasteiger charge is 2.25. The van der Waals surface area contributed by atoms with E-state index < -0.39 is 0 Å². The maximum Gasteiger partial charge on any atom is 0.188 e. The van der Waals surface area contributed by atoms with Crippen molar-refractivity contribution < 1.29 is 37.9 Å². The number of nitrogens with zero attached hydrogens (tertiary/aromatic N) is 4. The minimum atomic E-state index is 0.533. The van der Waals surface area contributed by atoms with Crippen LogP contribution < -0.4 is 37.9 Å². The number of fused-ring (bicyclic) bond motifs is 6. The number of aromatic nitrogens is 2. The molecule has 1 aliphatic heterocycles. The third-order valence-corrected chi connectivity index (χ3v) is 31.3. The third kappa shape index (κ3) is 72.1. The number of nitrogens with one attached hydrogen (secondary N) is 2. The molecular weight excluding hydrogens is 1850 g/mol. The molecule has 3 heterocycles. The lowest BCUT2D eigenvalue weighted by Gasteiger charge is -2.15. The van der Waals surface area contributed by atoms with Gasteiger partial charge in [0, 0.05) is 24.3 Å². The molecule has 0 aliphatic carbocycles. The SMILES string of the molecule is CCCCCCCCCCCCCCOc1cc2c(cc1OCCCCCCCCCCCCCC)N=Cc1[nH]c(c(OCCCCCCCCCCCCCC)c1OCCCCCCCCCCCCCC)C=Nc1cc(OCCCCCCCCCCCCCC)c(OCCCCCCCCCCCCCC)cc1N=Cc1[nH]c(c(OCCCCCCCCCCCCCC)c1OCCCCCCCCCCCCCC)C=N2. The molecule has 864 valence electrons. The molecule has 0 fully saturated rings. The highest BCUT2D eigenvalue weighted by molar-refractivity contribution is 5.97. The largest absolute Gasteiger partial charge is 0.490 e. The third-order valence-electron chi connectivity index (χ3n) is 31.3. The van der Waals surface area contributed by atoms with E-state index in [1.54, 1.807) is 0 Å². The predicted molar refractivity (Wildman–Crippen MR) is 656 cm³/mol. The van der Waals surface area contributed by atoms with Gasteiger partial charge in [-0.1, -0.05) is 620 Å². The molecular formula is C136H242N6O8. The van der Waals surface area contributed by atoms with Crippen molar-refractivity contribution in [3.05, 3.63) is 47.0 Å². The molecule has 4 aromatic rings. The normalized spacial score (nSPS) is 12.0. The van der Waals surface area contributed by atoms with Crippen LogP contribution in [0, 0.1) is 0 Å². The summed E-state index contributed by atoms with van der Waals surface area (Å²) >= 11 is 0. The highest BCUT2D eigenvalue weighted by atomic mass is 16.5. The molecule has 5 rings (SSSR count). The zero-order chi connectivity index (χ0) is 106. The molecule has 14 nitrogen and oxygen atoms in total. The summed E-state index contributed by atoms with van der Waals surface area (Å²) in [5.41, 5.74) is 5.37. The monoisotopic (exact) mass is 2090 g/mol. The summed E-state index contributed by atoms with van der Waals surface area (Å²) in [5, 5.41) is 0. The van der Waals surface area contributed by atoms with Gasteiger partial charge in [-0.25, -0.2) is 0 Å². The first-order chi connectivity index (χ1) is 74.4. The number of ether oxygens (including phenoxy) is 8. The van der Waals surface area contributed by atoms with Gasteiger partial charge in [-0.3, -0.25) is 20.0 Å². The Morgan fingerprint density at radius 3 is 0.347 bits per heavy atom. The van der Waals surface area contributed by atoms with Gasteiger partial charge in [0.05, 0.1) is 100 Å². The van der Waals surface area contributed by atoms with Gasteiger partial charge in [-0.05, 0) is 51.4 Å². The number of aliphatic imine (C=N–C) groups is 4. The fourth-order valence-corrected chi connectivity index (χ4v) is 21.4. The molecule has 0 unspecified atom stereocenters. The van der Waals surface area contributed by atoms with Gasteiger partial charge < -0.3 is 47.9 Å². The van der Waals surface area contributed by atoms with Crippen LogP contribution in [0.25, 0.3) is 0 Å². The Bertz CT molecular complexity index is 3280. The molecule has 14 heteroatoms. The molecule has 2 aromatic carbocycles. The van der Waals surface area contributed by atoms with E-state index in [2.05, 4.69) is 89.6 Å². The number of H-pyrrole nitrogens is 2. The lowest BCUT2D eigenvalue weighted by atomic mass is 10.1. The number of rotatable bonds is 112. The van der Waals surface area contributed by atoms with E-state index in [1.807, 2.05) is 24.9 Å². The van der Waals surface area contributed by atoms with E-state index >= 15 is 0 Å². The fourth-order valence-electron chi connectivity index (χ4n) is 21.4. The highest BCUT2D eigenvalue weighted by Crippen LogP contribution is 2.46. The van der Waals surface area contributed by atoms with Crippen molar-refractivity contribution in [2.75, 3.05) is 52.9 Å². The minimum absolute atomic E-state index is 0.533. The summed E-state index contributed by atoms with van der Waals surface area (Å²) in [5.74, 6) is 5.33. The Balaban J connectivity index is 1.77. The summed E-state index contributed by atoms with van der Waals surface area (Å²) in [6, 6.07) is 8.37. The van der Waals surface area contributed by atoms with Crippen molar-refractivity contribution in [2.45, 2.75) is 672 Å². The number of unbranched alkanes of at least 4 members (excludes halogenated alkanes) is 88. The first-order valence-corrected chi connectivity index (χ1v) is 66.5. The molecule has 0 atom stereocenters. The molecule has 150 heavy (non-hydrogen) atoms. The Morgan fingerprint density at radius 2 is 0.233 bits per heavy atom. The van der Waals surface area contributed by atoms with Crippen LogP contribution in [0.4, 0.5) is 22.7 Å². The van der Waals surface area contributed by atoms with Crippen molar-refractivity contribution in [1.29, 1.82) is 0 Å². The molecule has 0 radical (unpaired) electrons. The van der Waals surface area contributed by atoms with Crippen molar-refractivity contribution in [2.24, 2.45) is 20.0 Å². The topological polar surface area (TPSA) is 155 Å². The summed E-state index contributed by atoms with van der Waals surface area (Å²) in [6.07, 6.45) is 130. The van der Waals surface area contributed by atoms with Gasteiger partial charge in [0.2, 0.25) is 0 Å². The average Bonchev–Trinajstić information content (AvgIpc) is 1.53. The molecule has 2 N–H and O–H groups in total. The molecule has 0 amide bonds. The zero-order valence-electron chi connectivity index (χ0n) is 100. The van der Waals surface area contributed by atoms with Crippen LogP contribution in [0.2, 0.25) is 0 Å². The van der Waals surface area contributed by atoms with Gasteiger partial charge in [0.1, 0.15) is 22.8 Å². The molecule has 1 aliphatic rings. The first kappa shape index (κ1) is 135. The summed E-state index contributed by atoms with van der Waals surface area (Å²) in [7, 11) is 0. The first-order valence-electron chi connectivity index (χ1n) is 66.5.